The van der Waals surface area contributed by atoms with Gasteiger partial charge in [-0.3, -0.25) is 10.1 Å². The van der Waals surface area contributed by atoms with E-state index in [0.29, 0.717) is 17.5 Å². The lowest BCUT2D eigenvalue weighted by Gasteiger charge is -2.16. The molecule has 0 saturated carbocycles. The van der Waals surface area contributed by atoms with Gasteiger partial charge >= 0.3 is 0 Å². The van der Waals surface area contributed by atoms with Gasteiger partial charge in [0.1, 0.15) is 5.15 Å². The van der Waals surface area contributed by atoms with E-state index in [1.807, 2.05) is 17.9 Å². The number of pyridine rings is 1. The monoisotopic (exact) mass is 268 g/mol. The molecule has 1 aromatic heterocycles. The van der Waals surface area contributed by atoms with Gasteiger partial charge in [0, 0.05) is 25.3 Å². The van der Waals surface area contributed by atoms with Crippen molar-refractivity contribution in [1.29, 1.82) is 0 Å². The summed E-state index contributed by atoms with van der Waals surface area (Å²) in [5.74, 6) is 0.530. The van der Waals surface area contributed by atoms with Crippen molar-refractivity contribution in [1.82, 2.24) is 15.2 Å². The predicted octanol–water partition coefficient (Wildman–Crippen LogP) is 1.60. The summed E-state index contributed by atoms with van der Waals surface area (Å²) in [6.07, 6.45) is 2.67. The Kier molecular flexibility index (Phi) is 3.66. The van der Waals surface area contributed by atoms with E-state index >= 15 is 0 Å². The Morgan fingerprint density at radius 1 is 1.72 bits per heavy atom. The first-order chi connectivity index (χ1) is 8.54. The molecule has 1 aliphatic rings. The van der Waals surface area contributed by atoms with Crippen molar-refractivity contribution >= 4 is 11.6 Å². The van der Waals surface area contributed by atoms with Crippen molar-refractivity contribution in [2.24, 2.45) is 0 Å². The zero-order valence-electron chi connectivity index (χ0n) is 9.84. The number of nitrogens with zero attached hydrogens (tertiary/aromatic N) is 3. The summed E-state index contributed by atoms with van der Waals surface area (Å²) in [5, 5.41) is 14.0. The summed E-state index contributed by atoms with van der Waals surface area (Å²) in [7, 11) is 0. The van der Waals surface area contributed by atoms with Gasteiger partial charge in [-0.25, -0.2) is 4.98 Å². The van der Waals surface area contributed by atoms with Crippen molar-refractivity contribution in [2.75, 3.05) is 6.54 Å². The van der Waals surface area contributed by atoms with E-state index < -0.39 is 4.92 Å². The van der Waals surface area contributed by atoms with Crippen molar-refractivity contribution in [3.63, 3.8) is 0 Å². The second-order valence-corrected chi connectivity index (χ2v) is 4.60. The molecule has 2 heterocycles. The molecule has 6 nitrogen and oxygen atoms in total. The fourth-order valence-corrected chi connectivity index (χ4v) is 2.02. The highest BCUT2D eigenvalue weighted by atomic mass is 35.5. The SMILES string of the molecule is CC1CN(Cc2ccc(Cl)nc2)C(=C[N+](=O)[O-])N1. The number of hydrogen-bond donors (Lipinski definition) is 1. The molecule has 7 heteroatoms. The summed E-state index contributed by atoms with van der Waals surface area (Å²) in [6, 6.07) is 3.76. The molecular formula is C11H13ClN4O2. The summed E-state index contributed by atoms with van der Waals surface area (Å²) in [4.78, 5) is 16.0. The Morgan fingerprint density at radius 3 is 3.11 bits per heavy atom. The molecule has 0 aliphatic carbocycles. The normalized spacial score (nSPS) is 21.1. The van der Waals surface area contributed by atoms with Gasteiger partial charge in [-0.1, -0.05) is 17.7 Å². The van der Waals surface area contributed by atoms with Crippen LogP contribution in [-0.2, 0) is 6.54 Å². The third kappa shape index (κ3) is 3.10. The number of halogens is 1. The second-order valence-electron chi connectivity index (χ2n) is 4.21. The fraction of sp³-hybridized carbons (Fsp3) is 0.364. The van der Waals surface area contributed by atoms with E-state index in [-0.39, 0.29) is 6.04 Å². The maximum atomic E-state index is 10.5. The minimum Gasteiger partial charge on any atom is -0.362 e. The second kappa shape index (κ2) is 5.22. The standard InChI is InChI=1S/C11H13ClN4O2/c1-8-5-15(11(14-8)7-16(17)18)6-9-2-3-10(12)13-4-9/h2-4,7-8,14H,5-6H2,1H3. The number of nitrogens with one attached hydrogen (secondary N) is 1. The van der Waals surface area contributed by atoms with Crippen molar-refractivity contribution in [2.45, 2.75) is 19.5 Å². The van der Waals surface area contributed by atoms with Crippen LogP contribution in [0.1, 0.15) is 12.5 Å². The van der Waals surface area contributed by atoms with E-state index in [4.69, 9.17) is 11.6 Å². The Labute approximate surface area is 109 Å². The van der Waals surface area contributed by atoms with Gasteiger partial charge < -0.3 is 10.2 Å². The quantitative estimate of drug-likeness (QED) is 0.512. The van der Waals surface area contributed by atoms with Crippen LogP contribution < -0.4 is 5.32 Å². The number of rotatable bonds is 3. The minimum atomic E-state index is -0.451. The first-order valence-electron chi connectivity index (χ1n) is 5.52. The molecular weight excluding hydrogens is 256 g/mol. The largest absolute Gasteiger partial charge is 0.362 e. The summed E-state index contributed by atoms with van der Waals surface area (Å²) >= 11 is 5.71. The molecule has 18 heavy (non-hydrogen) atoms. The third-order valence-electron chi connectivity index (χ3n) is 2.62. The first kappa shape index (κ1) is 12.6. The molecule has 2 rings (SSSR count). The molecule has 0 spiro atoms. The Bertz CT molecular complexity index is 474. The van der Waals surface area contributed by atoms with Gasteiger partial charge in [0.05, 0.1) is 4.92 Å². The van der Waals surface area contributed by atoms with Gasteiger partial charge in [-0.15, -0.1) is 0 Å². The molecule has 96 valence electrons. The molecule has 1 saturated heterocycles. The lowest BCUT2D eigenvalue weighted by atomic mass is 10.2. The van der Waals surface area contributed by atoms with E-state index in [2.05, 4.69) is 10.3 Å². The molecule has 1 aromatic rings. The Morgan fingerprint density at radius 2 is 2.50 bits per heavy atom. The molecule has 0 amide bonds. The van der Waals surface area contributed by atoms with Crippen molar-refractivity contribution < 1.29 is 4.92 Å². The molecule has 1 atom stereocenters. The van der Waals surface area contributed by atoms with E-state index in [1.54, 1.807) is 12.3 Å². The lowest BCUT2D eigenvalue weighted by molar-refractivity contribution is -0.404. The number of nitro groups is 1. The van der Waals surface area contributed by atoms with Crippen LogP contribution in [0.2, 0.25) is 5.15 Å². The maximum Gasteiger partial charge on any atom is 0.274 e. The highest BCUT2D eigenvalue weighted by Gasteiger charge is 2.24. The average Bonchev–Trinajstić information content (AvgIpc) is 2.61. The highest BCUT2D eigenvalue weighted by molar-refractivity contribution is 6.29. The van der Waals surface area contributed by atoms with Gasteiger partial charge in [0.15, 0.2) is 5.82 Å². The zero-order valence-corrected chi connectivity index (χ0v) is 10.6. The van der Waals surface area contributed by atoms with Crippen LogP contribution in [0.4, 0.5) is 0 Å². The Balaban J connectivity index is 2.12. The highest BCUT2D eigenvalue weighted by Crippen LogP contribution is 2.16. The van der Waals surface area contributed by atoms with Gasteiger partial charge in [-0.05, 0) is 18.6 Å². The minimum absolute atomic E-state index is 0.191. The van der Waals surface area contributed by atoms with E-state index in [9.17, 15) is 10.1 Å². The topological polar surface area (TPSA) is 71.3 Å². The zero-order chi connectivity index (χ0) is 13.1. The summed E-state index contributed by atoms with van der Waals surface area (Å²) < 4.78 is 0. The van der Waals surface area contributed by atoms with Crippen molar-refractivity contribution in [3.8, 4) is 0 Å². The van der Waals surface area contributed by atoms with Gasteiger partial charge in [0.2, 0.25) is 0 Å². The summed E-state index contributed by atoms with van der Waals surface area (Å²) in [6.45, 7) is 3.28. The molecule has 0 aromatic carbocycles. The smallest absolute Gasteiger partial charge is 0.274 e. The van der Waals surface area contributed by atoms with Crippen LogP contribution in [-0.4, -0.2) is 27.4 Å². The van der Waals surface area contributed by atoms with E-state index in [0.717, 1.165) is 18.3 Å². The average molecular weight is 269 g/mol. The van der Waals surface area contributed by atoms with E-state index in [1.165, 1.54) is 0 Å². The predicted molar refractivity (Wildman–Crippen MR) is 67.3 cm³/mol. The first-order valence-corrected chi connectivity index (χ1v) is 5.89. The lowest BCUT2D eigenvalue weighted by Crippen LogP contribution is -2.20. The molecule has 0 bridgehead atoms. The molecule has 1 N–H and O–H groups in total. The Hall–Kier alpha value is -1.82. The number of aromatic nitrogens is 1. The molecule has 0 radical (unpaired) electrons. The van der Waals surface area contributed by atoms with Crippen LogP contribution in [0.15, 0.2) is 30.4 Å². The van der Waals surface area contributed by atoms with Crippen LogP contribution in [0, 0.1) is 10.1 Å². The van der Waals surface area contributed by atoms with Crippen LogP contribution in [0.3, 0.4) is 0 Å². The number of hydrogen-bond acceptors (Lipinski definition) is 5. The molecule has 1 unspecified atom stereocenters. The van der Waals surface area contributed by atoms with Gasteiger partial charge in [-0.2, -0.15) is 0 Å². The van der Waals surface area contributed by atoms with Crippen LogP contribution >= 0.6 is 11.6 Å². The van der Waals surface area contributed by atoms with Gasteiger partial charge in [0.25, 0.3) is 6.20 Å². The summed E-state index contributed by atoms with van der Waals surface area (Å²) in [5.41, 5.74) is 0.963. The van der Waals surface area contributed by atoms with Crippen LogP contribution in [0.5, 0.6) is 0 Å². The molecule has 1 aliphatic heterocycles. The molecule has 1 fully saturated rings. The fourth-order valence-electron chi connectivity index (χ4n) is 1.91. The maximum absolute atomic E-state index is 10.5. The van der Waals surface area contributed by atoms with Crippen LogP contribution in [0.25, 0.3) is 0 Å². The van der Waals surface area contributed by atoms with Crippen molar-refractivity contribution in [3.05, 3.63) is 51.2 Å². The third-order valence-corrected chi connectivity index (χ3v) is 2.84.